The minimum atomic E-state index is 0. The fourth-order valence-corrected chi connectivity index (χ4v) is 2.08. The Labute approximate surface area is 151 Å². The van der Waals surface area contributed by atoms with Gasteiger partial charge in [0.05, 0.1) is 18.8 Å². The molecule has 0 spiro atoms. The molecule has 22 heavy (non-hydrogen) atoms. The second-order valence-electron chi connectivity index (χ2n) is 5.57. The van der Waals surface area contributed by atoms with Crippen LogP contribution in [0.5, 0.6) is 0 Å². The highest BCUT2D eigenvalue weighted by Gasteiger charge is 2.11. The van der Waals surface area contributed by atoms with E-state index in [0.29, 0.717) is 12.5 Å². The number of ether oxygens (including phenoxy) is 1. The zero-order valence-corrected chi connectivity index (χ0v) is 16.9. The van der Waals surface area contributed by atoms with E-state index in [1.165, 1.54) is 11.3 Å². The Hall–Kier alpha value is -0.830. The quantitative estimate of drug-likeness (QED) is 0.401. The van der Waals surface area contributed by atoms with Crippen LogP contribution in [0.2, 0.25) is 0 Å². The number of hydrogen-bond acceptors (Lipinski definition) is 3. The van der Waals surface area contributed by atoms with E-state index in [2.05, 4.69) is 41.5 Å². The first-order valence-corrected chi connectivity index (χ1v) is 7.45. The van der Waals surface area contributed by atoms with Gasteiger partial charge < -0.3 is 15.4 Å². The van der Waals surface area contributed by atoms with Gasteiger partial charge in [-0.15, -0.1) is 24.0 Å². The summed E-state index contributed by atoms with van der Waals surface area (Å²) in [6, 6.07) is 0. The summed E-state index contributed by atoms with van der Waals surface area (Å²) in [5.74, 6) is 1.41. The number of halogens is 1. The van der Waals surface area contributed by atoms with Crippen molar-refractivity contribution in [2.45, 2.75) is 40.8 Å². The third kappa shape index (κ3) is 6.51. The lowest BCUT2D eigenvalue weighted by molar-refractivity contribution is 0.182. The fraction of sp³-hybridized carbons (Fsp3) is 0.733. The van der Waals surface area contributed by atoms with Crippen LogP contribution in [0.3, 0.4) is 0 Å². The molecule has 2 N–H and O–H groups in total. The van der Waals surface area contributed by atoms with E-state index in [-0.39, 0.29) is 24.0 Å². The number of aryl methyl sites for hydroxylation is 1. The van der Waals surface area contributed by atoms with E-state index in [0.717, 1.165) is 31.3 Å². The number of aromatic nitrogens is 2. The van der Waals surface area contributed by atoms with Crippen molar-refractivity contribution in [2.75, 3.05) is 27.3 Å². The first-order valence-electron chi connectivity index (χ1n) is 7.45. The van der Waals surface area contributed by atoms with Crippen LogP contribution < -0.4 is 10.6 Å². The van der Waals surface area contributed by atoms with Gasteiger partial charge in [0.1, 0.15) is 0 Å². The maximum absolute atomic E-state index is 5.11. The van der Waals surface area contributed by atoms with Crippen LogP contribution in [0.1, 0.15) is 30.8 Å². The van der Waals surface area contributed by atoms with E-state index in [9.17, 15) is 0 Å². The Balaban J connectivity index is 0.00000441. The highest BCUT2D eigenvalue weighted by atomic mass is 127. The number of rotatable bonds is 7. The number of nitrogens with one attached hydrogen (secondary N) is 2. The lowest BCUT2D eigenvalue weighted by Gasteiger charge is -2.13. The minimum Gasteiger partial charge on any atom is -0.383 e. The highest BCUT2D eigenvalue weighted by molar-refractivity contribution is 14.0. The Morgan fingerprint density at radius 3 is 2.55 bits per heavy atom. The molecule has 0 amide bonds. The smallest absolute Gasteiger partial charge is 0.191 e. The van der Waals surface area contributed by atoms with Crippen LogP contribution in [-0.2, 0) is 17.8 Å². The molecule has 7 heteroatoms. The van der Waals surface area contributed by atoms with Crippen molar-refractivity contribution in [3.8, 4) is 0 Å². The number of aliphatic imine (C=N–C) groups is 1. The lowest BCUT2D eigenvalue weighted by Crippen LogP contribution is -2.38. The molecular weight excluding hydrogens is 393 g/mol. The number of methoxy groups -OCH3 is 1. The van der Waals surface area contributed by atoms with Gasteiger partial charge in [-0.2, -0.15) is 5.10 Å². The van der Waals surface area contributed by atoms with E-state index < -0.39 is 0 Å². The van der Waals surface area contributed by atoms with E-state index >= 15 is 0 Å². The molecule has 1 heterocycles. The molecule has 0 aliphatic heterocycles. The summed E-state index contributed by atoms with van der Waals surface area (Å²) in [5, 5.41) is 11.2. The molecule has 128 valence electrons. The van der Waals surface area contributed by atoms with Crippen LogP contribution >= 0.6 is 24.0 Å². The molecule has 0 saturated heterocycles. The van der Waals surface area contributed by atoms with Crippen molar-refractivity contribution in [3.63, 3.8) is 0 Å². The van der Waals surface area contributed by atoms with Gasteiger partial charge in [0.2, 0.25) is 0 Å². The normalized spacial score (nSPS) is 11.5. The molecule has 0 saturated carbocycles. The Bertz CT molecular complexity index is 471. The van der Waals surface area contributed by atoms with Gasteiger partial charge in [0, 0.05) is 38.5 Å². The molecule has 1 aromatic rings. The zero-order valence-electron chi connectivity index (χ0n) is 14.6. The molecule has 0 fully saturated rings. The van der Waals surface area contributed by atoms with Crippen molar-refractivity contribution in [2.24, 2.45) is 10.9 Å². The third-order valence-corrected chi connectivity index (χ3v) is 3.37. The highest BCUT2D eigenvalue weighted by Crippen LogP contribution is 2.12. The van der Waals surface area contributed by atoms with Crippen LogP contribution in [0, 0.1) is 19.8 Å². The van der Waals surface area contributed by atoms with Gasteiger partial charge in [-0.3, -0.25) is 9.67 Å². The Kier molecular flexibility index (Phi) is 10.4. The molecule has 0 bridgehead atoms. The summed E-state index contributed by atoms with van der Waals surface area (Å²) in [6.45, 7) is 11.6. The first-order chi connectivity index (χ1) is 9.99. The zero-order chi connectivity index (χ0) is 15.8. The van der Waals surface area contributed by atoms with Crippen LogP contribution in [0.4, 0.5) is 0 Å². The molecule has 0 aliphatic rings. The van der Waals surface area contributed by atoms with Crippen molar-refractivity contribution in [3.05, 3.63) is 17.0 Å². The summed E-state index contributed by atoms with van der Waals surface area (Å²) < 4.78 is 7.11. The van der Waals surface area contributed by atoms with Crippen LogP contribution in [-0.4, -0.2) is 43.0 Å². The average Bonchev–Trinajstić information content (AvgIpc) is 2.71. The lowest BCUT2D eigenvalue weighted by atomic mass is 10.2. The standard InChI is InChI=1S/C15H29N5O.HI/c1-11(2)9-17-15(16-5)18-10-14-12(3)19-20(13(14)4)7-8-21-6;/h11H,7-10H2,1-6H3,(H2,16,17,18);1H. The summed E-state index contributed by atoms with van der Waals surface area (Å²) in [5.41, 5.74) is 3.45. The van der Waals surface area contributed by atoms with Crippen LogP contribution in [0.25, 0.3) is 0 Å². The summed E-state index contributed by atoms with van der Waals surface area (Å²) in [7, 11) is 3.50. The van der Waals surface area contributed by atoms with Gasteiger partial charge in [-0.25, -0.2) is 0 Å². The van der Waals surface area contributed by atoms with Crippen molar-refractivity contribution in [1.82, 2.24) is 20.4 Å². The van der Waals surface area contributed by atoms with E-state index in [1.54, 1.807) is 14.2 Å². The molecule has 1 rings (SSSR count). The predicted molar refractivity (Wildman–Crippen MR) is 102 cm³/mol. The van der Waals surface area contributed by atoms with Gasteiger partial charge in [0.15, 0.2) is 5.96 Å². The van der Waals surface area contributed by atoms with Gasteiger partial charge in [-0.05, 0) is 19.8 Å². The second kappa shape index (κ2) is 10.8. The minimum absolute atomic E-state index is 0. The number of hydrogen-bond donors (Lipinski definition) is 2. The summed E-state index contributed by atoms with van der Waals surface area (Å²) >= 11 is 0. The fourth-order valence-electron chi connectivity index (χ4n) is 2.08. The second-order valence-corrected chi connectivity index (χ2v) is 5.57. The third-order valence-electron chi connectivity index (χ3n) is 3.37. The van der Waals surface area contributed by atoms with Crippen molar-refractivity contribution < 1.29 is 4.74 Å². The monoisotopic (exact) mass is 423 g/mol. The van der Waals surface area contributed by atoms with Gasteiger partial charge in [0.25, 0.3) is 0 Å². The number of guanidine groups is 1. The molecular formula is C15H30IN5O. The topological polar surface area (TPSA) is 63.5 Å². The molecule has 0 atom stereocenters. The average molecular weight is 423 g/mol. The molecule has 0 aromatic carbocycles. The van der Waals surface area contributed by atoms with E-state index in [4.69, 9.17) is 4.74 Å². The van der Waals surface area contributed by atoms with Crippen molar-refractivity contribution in [1.29, 1.82) is 0 Å². The maximum Gasteiger partial charge on any atom is 0.191 e. The van der Waals surface area contributed by atoms with Crippen LogP contribution in [0.15, 0.2) is 4.99 Å². The summed E-state index contributed by atoms with van der Waals surface area (Å²) in [4.78, 5) is 4.24. The summed E-state index contributed by atoms with van der Waals surface area (Å²) in [6.07, 6.45) is 0. The maximum atomic E-state index is 5.11. The van der Waals surface area contributed by atoms with E-state index in [1.807, 2.05) is 11.6 Å². The first kappa shape index (κ1) is 21.2. The Morgan fingerprint density at radius 2 is 2.00 bits per heavy atom. The molecule has 0 aliphatic carbocycles. The van der Waals surface area contributed by atoms with Gasteiger partial charge >= 0.3 is 0 Å². The Morgan fingerprint density at radius 1 is 1.32 bits per heavy atom. The van der Waals surface area contributed by atoms with Crippen molar-refractivity contribution >= 4 is 29.9 Å². The SMILES string of the molecule is CN=C(NCc1c(C)nn(CCOC)c1C)NCC(C)C.I. The number of nitrogens with zero attached hydrogens (tertiary/aromatic N) is 3. The molecule has 0 radical (unpaired) electrons. The largest absolute Gasteiger partial charge is 0.383 e. The molecule has 0 unspecified atom stereocenters. The predicted octanol–water partition coefficient (Wildman–Crippen LogP) is 2.09. The molecule has 1 aromatic heterocycles. The van der Waals surface area contributed by atoms with Gasteiger partial charge in [-0.1, -0.05) is 13.8 Å². The molecule has 6 nitrogen and oxygen atoms in total.